The zero-order chi connectivity index (χ0) is 23.8. The van der Waals surface area contributed by atoms with Gasteiger partial charge in [0.1, 0.15) is 11.6 Å². The molecule has 1 amide bonds. The summed E-state index contributed by atoms with van der Waals surface area (Å²) in [4.78, 5) is 15.0. The summed E-state index contributed by atoms with van der Waals surface area (Å²) < 4.78 is 44.0. The monoisotopic (exact) mass is 489 g/mol. The molecule has 0 atom stereocenters. The number of hydrogen-bond acceptors (Lipinski definition) is 5. The van der Waals surface area contributed by atoms with Gasteiger partial charge in [0.05, 0.1) is 10.6 Å². The third kappa shape index (κ3) is 4.79. The van der Waals surface area contributed by atoms with Crippen LogP contribution in [-0.2, 0) is 16.4 Å². The Bertz CT molecular complexity index is 1370. The van der Waals surface area contributed by atoms with Gasteiger partial charge in [0.15, 0.2) is 5.76 Å². The third-order valence-electron chi connectivity index (χ3n) is 5.39. The van der Waals surface area contributed by atoms with E-state index in [9.17, 15) is 17.6 Å². The van der Waals surface area contributed by atoms with Gasteiger partial charge >= 0.3 is 0 Å². The Morgan fingerprint density at radius 2 is 1.85 bits per heavy atom. The highest BCUT2D eigenvalue weighted by molar-refractivity contribution is 7.89. The van der Waals surface area contributed by atoms with Crippen LogP contribution in [0.2, 0.25) is 5.02 Å². The number of benzene rings is 2. The molecule has 7 nitrogen and oxygen atoms in total. The van der Waals surface area contributed by atoms with E-state index in [1.807, 2.05) is 6.92 Å². The third-order valence-corrected chi connectivity index (χ3v) is 6.85. The summed E-state index contributed by atoms with van der Waals surface area (Å²) in [6, 6.07) is 9.59. The molecule has 3 aromatic rings. The first-order chi connectivity index (χ1) is 15.7. The van der Waals surface area contributed by atoms with Crippen molar-refractivity contribution >= 4 is 38.9 Å². The molecule has 1 aromatic heterocycles. The highest BCUT2D eigenvalue weighted by atomic mass is 35.5. The summed E-state index contributed by atoms with van der Waals surface area (Å²) in [6.07, 6.45) is 1.80. The SMILES string of the molecule is Cc1cc(Cl)ccc1NC(=O)c1oc2c(c1C)/C(=N/NS(=O)(=O)c1ccc(F)cc1)CCC2. The van der Waals surface area contributed by atoms with Gasteiger partial charge in [-0.2, -0.15) is 18.4 Å². The minimum absolute atomic E-state index is 0.105. The summed E-state index contributed by atoms with van der Waals surface area (Å²) in [6.45, 7) is 3.57. The van der Waals surface area contributed by atoms with Crippen LogP contribution >= 0.6 is 11.6 Å². The van der Waals surface area contributed by atoms with Gasteiger partial charge in [-0.15, -0.1) is 0 Å². The topological polar surface area (TPSA) is 101 Å². The molecule has 0 radical (unpaired) electrons. The average Bonchev–Trinajstić information content (AvgIpc) is 3.12. The molecule has 4 rings (SSSR count). The van der Waals surface area contributed by atoms with Gasteiger partial charge in [0.25, 0.3) is 15.9 Å². The molecule has 2 N–H and O–H groups in total. The molecule has 1 heterocycles. The molecule has 10 heteroatoms. The second kappa shape index (κ2) is 8.99. The molecule has 0 saturated carbocycles. The highest BCUT2D eigenvalue weighted by Gasteiger charge is 2.28. The van der Waals surface area contributed by atoms with Crippen LogP contribution in [0.1, 0.15) is 45.8 Å². The van der Waals surface area contributed by atoms with Gasteiger partial charge in [0, 0.05) is 28.3 Å². The average molecular weight is 490 g/mol. The van der Waals surface area contributed by atoms with Crippen LogP contribution in [-0.4, -0.2) is 20.0 Å². The number of amides is 1. The van der Waals surface area contributed by atoms with Crippen molar-refractivity contribution in [1.29, 1.82) is 0 Å². The minimum atomic E-state index is -3.98. The lowest BCUT2D eigenvalue weighted by Gasteiger charge is -2.14. The number of anilines is 1. The zero-order valence-corrected chi connectivity index (χ0v) is 19.5. The Morgan fingerprint density at radius 1 is 1.12 bits per heavy atom. The van der Waals surface area contributed by atoms with Crippen molar-refractivity contribution in [2.75, 3.05) is 5.32 Å². The number of hydrazone groups is 1. The zero-order valence-electron chi connectivity index (χ0n) is 17.9. The molecule has 172 valence electrons. The number of hydrogen-bond donors (Lipinski definition) is 2. The first-order valence-corrected chi connectivity index (χ1v) is 12.1. The van der Waals surface area contributed by atoms with Crippen molar-refractivity contribution in [3.63, 3.8) is 0 Å². The van der Waals surface area contributed by atoms with Gasteiger partial charge in [-0.1, -0.05) is 11.6 Å². The van der Waals surface area contributed by atoms with Crippen LogP contribution in [0.4, 0.5) is 10.1 Å². The molecule has 2 aromatic carbocycles. The van der Waals surface area contributed by atoms with Crippen LogP contribution in [0.15, 0.2) is 56.9 Å². The van der Waals surface area contributed by atoms with E-state index < -0.39 is 21.7 Å². The highest BCUT2D eigenvalue weighted by Crippen LogP contribution is 2.31. The van der Waals surface area contributed by atoms with E-state index >= 15 is 0 Å². The number of carbonyl (C=O) groups is 1. The summed E-state index contributed by atoms with van der Waals surface area (Å²) in [5.74, 6) is -0.230. The molecule has 33 heavy (non-hydrogen) atoms. The predicted molar refractivity (Wildman–Crippen MR) is 124 cm³/mol. The summed E-state index contributed by atoms with van der Waals surface area (Å²) >= 11 is 5.98. The second-order valence-corrected chi connectivity index (χ2v) is 9.83. The molecule has 0 unspecified atom stereocenters. The lowest BCUT2D eigenvalue weighted by atomic mass is 9.93. The van der Waals surface area contributed by atoms with E-state index in [4.69, 9.17) is 16.0 Å². The number of furan rings is 1. The van der Waals surface area contributed by atoms with Gasteiger partial charge < -0.3 is 9.73 Å². The van der Waals surface area contributed by atoms with E-state index in [0.29, 0.717) is 52.6 Å². The number of nitrogens with one attached hydrogen (secondary N) is 2. The van der Waals surface area contributed by atoms with Gasteiger partial charge in [-0.25, -0.2) is 4.39 Å². The predicted octanol–water partition coefficient (Wildman–Crippen LogP) is 4.96. The molecular formula is C23H21ClFN3O4S. The standard InChI is InChI=1S/C23H21ClFN3O4S/c1-13-12-15(24)6-11-18(13)26-23(29)22-14(2)21-19(4-3-5-20(21)32-22)27-28-33(30,31)17-9-7-16(25)8-10-17/h6-12,28H,3-5H2,1-2H3,(H,26,29)/b27-19+. The van der Waals surface area contributed by atoms with E-state index in [0.717, 1.165) is 29.8 Å². The lowest BCUT2D eigenvalue weighted by molar-refractivity contribution is 0.0994. The van der Waals surface area contributed by atoms with Crippen LogP contribution in [0, 0.1) is 19.7 Å². The number of aryl methyl sites for hydroxylation is 2. The summed E-state index contributed by atoms with van der Waals surface area (Å²) in [5.41, 5.74) is 3.10. The van der Waals surface area contributed by atoms with Gasteiger partial charge in [-0.3, -0.25) is 4.79 Å². The number of rotatable bonds is 5. The smallest absolute Gasteiger partial charge is 0.291 e. The molecule has 0 fully saturated rings. The van der Waals surface area contributed by atoms with Crippen LogP contribution in [0.5, 0.6) is 0 Å². The van der Waals surface area contributed by atoms with Crippen LogP contribution in [0.25, 0.3) is 0 Å². The number of halogens is 2. The Labute approximate surface area is 195 Å². The molecule has 1 aliphatic rings. The van der Waals surface area contributed by atoms with Crippen molar-refractivity contribution in [2.24, 2.45) is 5.10 Å². The molecule has 0 bridgehead atoms. The van der Waals surface area contributed by atoms with Crippen LogP contribution < -0.4 is 10.1 Å². The number of nitrogens with zero attached hydrogens (tertiary/aromatic N) is 1. The van der Waals surface area contributed by atoms with Crippen molar-refractivity contribution < 1.29 is 22.0 Å². The minimum Gasteiger partial charge on any atom is -0.455 e. The van der Waals surface area contributed by atoms with E-state index in [1.165, 1.54) is 0 Å². The first-order valence-electron chi connectivity index (χ1n) is 10.2. The first kappa shape index (κ1) is 23.0. The fourth-order valence-electron chi connectivity index (χ4n) is 3.72. The summed E-state index contributed by atoms with van der Waals surface area (Å²) in [7, 11) is -3.98. The number of sulfonamides is 1. The molecule has 0 aliphatic heterocycles. The Morgan fingerprint density at radius 3 is 2.55 bits per heavy atom. The maximum Gasteiger partial charge on any atom is 0.291 e. The number of fused-ring (bicyclic) bond motifs is 1. The van der Waals surface area contributed by atoms with Gasteiger partial charge in [-0.05, 0) is 74.7 Å². The van der Waals surface area contributed by atoms with Crippen LogP contribution in [0.3, 0.4) is 0 Å². The van der Waals surface area contributed by atoms with Crippen molar-refractivity contribution in [3.05, 3.63) is 81.5 Å². The van der Waals surface area contributed by atoms with Crippen molar-refractivity contribution in [3.8, 4) is 0 Å². The molecule has 0 saturated heterocycles. The Balaban J connectivity index is 1.60. The maximum absolute atomic E-state index is 13.1. The molecular weight excluding hydrogens is 469 g/mol. The van der Waals surface area contributed by atoms with Gasteiger partial charge in [0.2, 0.25) is 0 Å². The second-order valence-electron chi connectivity index (χ2n) is 7.73. The summed E-state index contributed by atoms with van der Waals surface area (Å²) in [5, 5.41) is 7.51. The molecule has 0 spiro atoms. The Kier molecular flexibility index (Phi) is 6.27. The normalized spacial score (nSPS) is 14.7. The molecule has 1 aliphatic carbocycles. The maximum atomic E-state index is 13.1. The quantitative estimate of drug-likeness (QED) is 0.494. The van der Waals surface area contributed by atoms with E-state index in [-0.39, 0.29) is 10.7 Å². The fraction of sp³-hybridized carbons (Fsp3) is 0.217. The lowest BCUT2D eigenvalue weighted by Crippen LogP contribution is -2.22. The number of carbonyl (C=O) groups excluding carboxylic acids is 1. The van der Waals surface area contributed by atoms with Crippen molar-refractivity contribution in [1.82, 2.24) is 4.83 Å². The van der Waals surface area contributed by atoms with E-state index in [1.54, 1.807) is 25.1 Å². The Hall–Kier alpha value is -3.17. The van der Waals surface area contributed by atoms with Crippen molar-refractivity contribution in [2.45, 2.75) is 38.0 Å². The van der Waals surface area contributed by atoms with E-state index in [2.05, 4.69) is 15.2 Å². The largest absolute Gasteiger partial charge is 0.455 e. The fourth-order valence-corrected chi connectivity index (χ4v) is 4.78.